The van der Waals surface area contributed by atoms with Crippen molar-refractivity contribution < 1.29 is 14.3 Å². The van der Waals surface area contributed by atoms with Crippen molar-refractivity contribution in [2.24, 2.45) is 11.8 Å². The van der Waals surface area contributed by atoms with Gasteiger partial charge in [-0.2, -0.15) is 0 Å². The molecule has 2 amide bonds. The van der Waals surface area contributed by atoms with Crippen LogP contribution in [0.4, 0.5) is 5.95 Å². The van der Waals surface area contributed by atoms with Gasteiger partial charge < -0.3 is 24.8 Å². The van der Waals surface area contributed by atoms with Crippen LogP contribution in [0.1, 0.15) is 6.42 Å². The first kappa shape index (κ1) is 19.1. The Morgan fingerprint density at radius 1 is 0.893 bits per heavy atom. The van der Waals surface area contributed by atoms with Crippen molar-refractivity contribution in [1.29, 1.82) is 0 Å². The highest BCUT2D eigenvalue weighted by atomic mass is 16.5. The summed E-state index contributed by atoms with van der Waals surface area (Å²) in [6.45, 7) is 6.58. The number of rotatable bonds is 3. The summed E-state index contributed by atoms with van der Waals surface area (Å²) in [5.74, 6) is 0.758. The second-order valence-corrected chi connectivity index (χ2v) is 7.59. The minimum atomic E-state index is -0.136. The number of aromatic nitrogens is 2. The van der Waals surface area contributed by atoms with E-state index in [-0.39, 0.29) is 23.7 Å². The maximum atomic E-state index is 13.0. The second kappa shape index (κ2) is 8.83. The van der Waals surface area contributed by atoms with Gasteiger partial charge in [-0.25, -0.2) is 9.97 Å². The Balaban J connectivity index is 1.30. The molecule has 3 saturated heterocycles. The van der Waals surface area contributed by atoms with Crippen molar-refractivity contribution in [1.82, 2.24) is 25.1 Å². The van der Waals surface area contributed by atoms with E-state index >= 15 is 0 Å². The molecule has 0 aliphatic carbocycles. The summed E-state index contributed by atoms with van der Waals surface area (Å²) < 4.78 is 5.33. The molecule has 1 aromatic rings. The highest BCUT2D eigenvalue weighted by molar-refractivity contribution is 5.83. The summed E-state index contributed by atoms with van der Waals surface area (Å²) >= 11 is 0. The monoisotopic (exact) mass is 388 g/mol. The zero-order valence-corrected chi connectivity index (χ0v) is 16.1. The van der Waals surface area contributed by atoms with E-state index in [9.17, 15) is 9.59 Å². The highest BCUT2D eigenvalue weighted by Crippen LogP contribution is 2.22. The van der Waals surface area contributed by atoms with Crippen molar-refractivity contribution in [2.75, 3.05) is 70.5 Å². The molecule has 9 heteroatoms. The number of piperidine rings is 1. The lowest BCUT2D eigenvalue weighted by atomic mass is 9.88. The molecule has 9 nitrogen and oxygen atoms in total. The second-order valence-electron chi connectivity index (χ2n) is 7.59. The number of ether oxygens (including phenoxy) is 1. The normalized spacial score (nSPS) is 26.2. The van der Waals surface area contributed by atoms with Gasteiger partial charge in [-0.3, -0.25) is 9.59 Å². The minimum Gasteiger partial charge on any atom is -0.378 e. The third kappa shape index (κ3) is 4.25. The molecule has 0 aromatic carbocycles. The van der Waals surface area contributed by atoms with Gasteiger partial charge >= 0.3 is 0 Å². The van der Waals surface area contributed by atoms with Gasteiger partial charge in [0.05, 0.1) is 25.0 Å². The minimum absolute atomic E-state index is 0.125. The van der Waals surface area contributed by atoms with E-state index in [0.717, 1.165) is 13.1 Å². The van der Waals surface area contributed by atoms with Gasteiger partial charge in [-0.05, 0) is 12.5 Å². The lowest BCUT2D eigenvalue weighted by Gasteiger charge is -2.39. The van der Waals surface area contributed by atoms with Crippen molar-refractivity contribution in [3.8, 4) is 0 Å². The number of nitrogens with one attached hydrogen (secondary N) is 1. The third-order valence-corrected chi connectivity index (χ3v) is 5.80. The fourth-order valence-corrected chi connectivity index (χ4v) is 4.20. The Labute approximate surface area is 165 Å². The number of morpholine rings is 1. The van der Waals surface area contributed by atoms with Gasteiger partial charge in [0.25, 0.3) is 0 Å². The van der Waals surface area contributed by atoms with E-state index in [1.807, 2.05) is 9.80 Å². The van der Waals surface area contributed by atoms with Crippen molar-refractivity contribution >= 4 is 17.8 Å². The van der Waals surface area contributed by atoms with Crippen LogP contribution in [-0.2, 0) is 14.3 Å². The average Bonchev–Trinajstić information content (AvgIpc) is 2.79. The molecule has 0 spiro atoms. The average molecular weight is 388 g/mol. The van der Waals surface area contributed by atoms with Gasteiger partial charge in [-0.1, -0.05) is 0 Å². The molecule has 4 heterocycles. The fourth-order valence-electron chi connectivity index (χ4n) is 4.20. The quantitative estimate of drug-likeness (QED) is 0.726. The van der Waals surface area contributed by atoms with E-state index in [2.05, 4.69) is 20.2 Å². The standard InChI is InChI=1S/C19H28N6O3/c26-17(23-4-6-25(7-5-23)19-21-2-1-3-22-19)15-12-16(14-20-13-15)18(27)24-8-10-28-11-9-24/h1-3,15-16,20H,4-14H2/t15-,16+/m0/s1. The zero-order valence-electron chi connectivity index (χ0n) is 16.1. The maximum absolute atomic E-state index is 13.0. The molecule has 0 radical (unpaired) electrons. The molecule has 0 bridgehead atoms. The molecule has 0 unspecified atom stereocenters. The topological polar surface area (TPSA) is 90.9 Å². The van der Waals surface area contributed by atoms with E-state index in [1.54, 1.807) is 18.5 Å². The highest BCUT2D eigenvalue weighted by Gasteiger charge is 2.36. The molecule has 4 rings (SSSR count). The maximum Gasteiger partial charge on any atom is 0.227 e. The number of nitrogens with zero attached hydrogens (tertiary/aromatic N) is 5. The van der Waals surface area contributed by atoms with Crippen molar-refractivity contribution in [2.45, 2.75) is 6.42 Å². The fraction of sp³-hybridized carbons (Fsp3) is 0.684. The van der Waals surface area contributed by atoms with E-state index in [1.165, 1.54) is 0 Å². The van der Waals surface area contributed by atoms with Gasteiger partial charge in [0.1, 0.15) is 0 Å². The smallest absolute Gasteiger partial charge is 0.227 e. The van der Waals surface area contributed by atoms with Gasteiger partial charge in [0, 0.05) is 64.8 Å². The van der Waals surface area contributed by atoms with Crippen LogP contribution in [0.25, 0.3) is 0 Å². The van der Waals surface area contributed by atoms with Gasteiger partial charge in [-0.15, -0.1) is 0 Å². The van der Waals surface area contributed by atoms with E-state index in [4.69, 9.17) is 4.74 Å². The van der Waals surface area contributed by atoms with Crippen LogP contribution in [0.2, 0.25) is 0 Å². The molecule has 1 aromatic heterocycles. The SMILES string of the molecule is O=C([C@@H]1CNC[C@H](C(=O)N2CCOCC2)C1)N1CCN(c2ncccn2)CC1. The van der Waals surface area contributed by atoms with Crippen molar-refractivity contribution in [3.63, 3.8) is 0 Å². The number of amides is 2. The summed E-state index contributed by atoms with van der Waals surface area (Å²) in [7, 11) is 0. The number of hydrogen-bond donors (Lipinski definition) is 1. The Bertz CT molecular complexity index is 674. The number of hydrogen-bond acceptors (Lipinski definition) is 7. The summed E-state index contributed by atoms with van der Waals surface area (Å²) in [6, 6.07) is 1.80. The Hall–Kier alpha value is -2.26. The first-order valence-electron chi connectivity index (χ1n) is 10.1. The predicted molar refractivity (Wildman–Crippen MR) is 103 cm³/mol. The number of piperazine rings is 1. The van der Waals surface area contributed by atoms with Crippen molar-refractivity contribution in [3.05, 3.63) is 18.5 Å². The van der Waals surface area contributed by atoms with Crippen LogP contribution < -0.4 is 10.2 Å². The molecular formula is C19H28N6O3. The molecule has 2 atom stereocenters. The first-order chi connectivity index (χ1) is 13.7. The zero-order chi connectivity index (χ0) is 19.3. The third-order valence-electron chi connectivity index (χ3n) is 5.80. The molecule has 1 N–H and O–H groups in total. The van der Waals surface area contributed by atoms with Crippen LogP contribution in [0, 0.1) is 11.8 Å². The molecular weight excluding hydrogens is 360 g/mol. The molecule has 28 heavy (non-hydrogen) atoms. The van der Waals surface area contributed by atoms with Crippen LogP contribution in [0.15, 0.2) is 18.5 Å². The predicted octanol–water partition coefficient (Wildman–Crippen LogP) is -0.790. The molecule has 0 saturated carbocycles. The summed E-state index contributed by atoms with van der Waals surface area (Å²) in [5.41, 5.74) is 0. The Kier molecular flexibility index (Phi) is 6.01. The van der Waals surface area contributed by atoms with Crippen LogP contribution >= 0.6 is 0 Å². The van der Waals surface area contributed by atoms with Gasteiger partial charge in [0.15, 0.2) is 0 Å². The summed E-state index contributed by atoms with van der Waals surface area (Å²) in [4.78, 5) is 40.3. The van der Waals surface area contributed by atoms with E-state index in [0.29, 0.717) is 64.9 Å². The number of carbonyl (C=O) groups excluding carboxylic acids is 2. The van der Waals surface area contributed by atoms with Crippen LogP contribution in [0.5, 0.6) is 0 Å². The molecule has 3 fully saturated rings. The van der Waals surface area contributed by atoms with Crippen LogP contribution in [0.3, 0.4) is 0 Å². The largest absolute Gasteiger partial charge is 0.378 e. The Morgan fingerprint density at radius 2 is 1.46 bits per heavy atom. The van der Waals surface area contributed by atoms with Crippen LogP contribution in [-0.4, -0.2) is 97.2 Å². The molecule has 152 valence electrons. The number of carbonyl (C=O) groups is 2. The Morgan fingerprint density at radius 3 is 2.07 bits per heavy atom. The first-order valence-corrected chi connectivity index (χ1v) is 10.1. The summed E-state index contributed by atoms with van der Waals surface area (Å²) in [6.07, 6.45) is 4.10. The van der Waals surface area contributed by atoms with Gasteiger partial charge in [0.2, 0.25) is 17.8 Å². The lowest BCUT2D eigenvalue weighted by molar-refractivity contribution is -0.143. The molecule has 3 aliphatic rings. The lowest BCUT2D eigenvalue weighted by Crippen LogP contribution is -2.55. The summed E-state index contributed by atoms with van der Waals surface area (Å²) in [5, 5.41) is 3.30. The van der Waals surface area contributed by atoms with E-state index < -0.39 is 0 Å². The number of anilines is 1. The molecule has 3 aliphatic heterocycles.